The zero-order valence-corrected chi connectivity index (χ0v) is 10.8. The summed E-state index contributed by atoms with van der Waals surface area (Å²) in [5.41, 5.74) is 5.78. The van der Waals surface area contributed by atoms with Crippen LogP contribution in [0.1, 0.15) is 57.7 Å². The van der Waals surface area contributed by atoms with E-state index >= 15 is 0 Å². The summed E-state index contributed by atoms with van der Waals surface area (Å²) in [6, 6.07) is 0. The molecule has 1 saturated heterocycles. The highest BCUT2D eigenvalue weighted by molar-refractivity contribution is 5.06. The molecule has 1 aliphatic heterocycles. The van der Waals surface area contributed by atoms with E-state index in [2.05, 4.69) is 17.1 Å². The van der Waals surface area contributed by atoms with Crippen molar-refractivity contribution in [3.63, 3.8) is 0 Å². The SMILES string of the molecule is CCC(N)(CC)c1noc(C2COC(C)C2)n1. The average molecular weight is 239 g/mol. The summed E-state index contributed by atoms with van der Waals surface area (Å²) in [5, 5.41) is 4.03. The Morgan fingerprint density at radius 3 is 2.65 bits per heavy atom. The highest BCUT2D eigenvalue weighted by atomic mass is 16.5. The van der Waals surface area contributed by atoms with Gasteiger partial charge in [-0.1, -0.05) is 19.0 Å². The molecule has 0 amide bonds. The first kappa shape index (κ1) is 12.5. The van der Waals surface area contributed by atoms with Crippen molar-refractivity contribution in [2.45, 2.75) is 57.6 Å². The standard InChI is InChI=1S/C12H21N3O2/c1-4-12(13,5-2)11-14-10(17-15-11)9-6-8(3)16-7-9/h8-9H,4-7,13H2,1-3H3. The maximum Gasteiger partial charge on any atom is 0.232 e. The van der Waals surface area contributed by atoms with Gasteiger partial charge in [-0.2, -0.15) is 4.98 Å². The molecule has 1 aromatic heterocycles. The molecule has 1 fully saturated rings. The van der Waals surface area contributed by atoms with E-state index < -0.39 is 5.54 Å². The maximum absolute atomic E-state index is 6.24. The van der Waals surface area contributed by atoms with E-state index in [1.165, 1.54) is 0 Å². The van der Waals surface area contributed by atoms with Crippen LogP contribution in [0, 0.1) is 0 Å². The van der Waals surface area contributed by atoms with Crippen LogP contribution < -0.4 is 5.73 Å². The summed E-state index contributed by atoms with van der Waals surface area (Å²) in [5.74, 6) is 1.52. The van der Waals surface area contributed by atoms with Gasteiger partial charge in [-0.25, -0.2) is 0 Å². The number of nitrogens with two attached hydrogens (primary N) is 1. The van der Waals surface area contributed by atoms with Gasteiger partial charge >= 0.3 is 0 Å². The first-order valence-corrected chi connectivity index (χ1v) is 6.33. The third-order valence-electron chi connectivity index (χ3n) is 3.70. The molecule has 5 heteroatoms. The van der Waals surface area contributed by atoms with Crippen molar-refractivity contribution in [2.75, 3.05) is 6.61 Å². The zero-order valence-electron chi connectivity index (χ0n) is 10.8. The first-order chi connectivity index (χ1) is 8.09. The van der Waals surface area contributed by atoms with Crippen LogP contribution in [0.25, 0.3) is 0 Å². The van der Waals surface area contributed by atoms with Crippen LogP contribution in [0.4, 0.5) is 0 Å². The van der Waals surface area contributed by atoms with Crippen molar-refractivity contribution >= 4 is 0 Å². The van der Waals surface area contributed by atoms with Crippen LogP contribution in [0.3, 0.4) is 0 Å². The van der Waals surface area contributed by atoms with Gasteiger partial charge in [0.15, 0.2) is 5.82 Å². The molecule has 1 aromatic rings. The lowest BCUT2D eigenvalue weighted by Gasteiger charge is -2.21. The second kappa shape index (κ2) is 4.74. The Morgan fingerprint density at radius 2 is 2.12 bits per heavy atom. The number of nitrogens with zero attached hydrogens (tertiary/aromatic N) is 2. The van der Waals surface area contributed by atoms with E-state index in [1.54, 1.807) is 0 Å². The summed E-state index contributed by atoms with van der Waals surface area (Å²) in [6.45, 7) is 6.81. The maximum atomic E-state index is 6.24. The third kappa shape index (κ3) is 2.35. The second-order valence-corrected chi connectivity index (χ2v) is 4.90. The summed E-state index contributed by atoms with van der Waals surface area (Å²) in [6.07, 6.45) is 2.83. The van der Waals surface area contributed by atoms with E-state index in [0.717, 1.165) is 19.3 Å². The number of aromatic nitrogens is 2. The van der Waals surface area contributed by atoms with Gasteiger partial charge in [0.05, 0.1) is 24.2 Å². The predicted octanol–water partition coefficient (Wildman–Crippen LogP) is 1.94. The van der Waals surface area contributed by atoms with Crippen LogP contribution in [0.15, 0.2) is 4.52 Å². The Labute approximate surface area is 102 Å². The molecular weight excluding hydrogens is 218 g/mol. The molecule has 2 N–H and O–H groups in total. The molecule has 0 spiro atoms. The van der Waals surface area contributed by atoms with Gasteiger partial charge < -0.3 is 15.0 Å². The molecule has 2 rings (SSSR count). The quantitative estimate of drug-likeness (QED) is 0.869. The van der Waals surface area contributed by atoms with E-state index in [-0.39, 0.29) is 12.0 Å². The Bertz CT molecular complexity index is 374. The van der Waals surface area contributed by atoms with Crippen molar-refractivity contribution in [1.82, 2.24) is 10.1 Å². The zero-order chi connectivity index (χ0) is 12.5. The molecule has 2 unspecified atom stereocenters. The van der Waals surface area contributed by atoms with E-state index in [9.17, 15) is 0 Å². The fourth-order valence-electron chi connectivity index (χ4n) is 2.16. The summed E-state index contributed by atoms with van der Waals surface area (Å²) < 4.78 is 10.8. The van der Waals surface area contributed by atoms with Gasteiger partial charge in [0.2, 0.25) is 5.89 Å². The lowest BCUT2D eigenvalue weighted by Crippen LogP contribution is -2.36. The molecule has 2 atom stereocenters. The normalized spacial score (nSPS) is 25.4. The van der Waals surface area contributed by atoms with E-state index in [4.69, 9.17) is 15.0 Å². The number of hydrogen-bond acceptors (Lipinski definition) is 5. The molecule has 0 bridgehead atoms. The van der Waals surface area contributed by atoms with Crippen molar-refractivity contribution in [1.29, 1.82) is 0 Å². The number of hydrogen-bond donors (Lipinski definition) is 1. The first-order valence-electron chi connectivity index (χ1n) is 6.33. The van der Waals surface area contributed by atoms with Gasteiger partial charge in [0, 0.05) is 0 Å². The molecule has 96 valence electrons. The molecular formula is C12H21N3O2. The van der Waals surface area contributed by atoms with Crippen molar-refractivity contribution < 1.29 is 9.26 Å². The molecule has 0 aliphatic carbocycles. The molecule has 2 heterocycles. The molecule has 0 radical (unpaired) electrons. The minimum Gasteiger partial charge on any atom is -0.378 e. The molecule has 17 heavy (non-hydrogen) atoms. The van der Waals surface area contributed by atoms with Crippen LogP contribution in [0.5, 0.6) is 0 Å². The van der Waals surface area contributed by atoms with Crippen LogP contribution in [0.2, 0.25) is 0 Å². The van der Waals surface area contributed by atoms with Crippen LogP contribution in [-0.4, -0.2) is 22.9 Å². The van der Waals surface area contributed by atoms with Gasteiger partial charge in [-0.05, 0) is 26.2 Å². The van der Waals surface area contributed by atoms with Gasteiger partial charge in [-0.3, -0.25) is 0 Å². The third-order valence-corrected chi connectivity index (χ3v) is 3.70. The Balaban J connectivity index is 2.15. The predicted molar refractivity (Wildman–Crippen MR) is 63.5 cm³/mol. The topological polar surface area (TPSA) is 74.2 Å². The lowest BCUT2D eigenvalue weighted by molar-refractivity contribution is 0.122. The van der Waals surface area contributed by atoms with E-state index in [1.807, 2.05) is 13.8 Å². The Kier molecular flexibility index (Phi) is 3.49. The van der Waals surface area contributed by atoms with Crippen molar-refractivity contribution in [2.24, 2.45) is 5.73 Å². The van der Waals surface area contributed by atoms with Gasteiger partial charge in [0.25, 0.3) is 0 Å². The molecule has 1 aliphatic rings. The monoisotopic (exact) mass is 239 g/mol. The fourth-order valence-corrected chi connectivity index (χ4v) is 2.16. The molecule has 0 aromatic carbocycles. The smallest absolute Gasteiger partial charge is 0.232 e. The average Bonchev–Trinajstić information content (AvgIpc) is 2.96. The number of ether oxygens (including phenoxy) is 1. The number of rotatable bonds is 4. The lowest BCUT2D eigenvalue weighted by atomic mass is 9.93. The van der Waals surface area contributed by atoms with Crippen molar-refractivity contribution in [3.05, 3.63) is 11.7 Å². The van der Waals surface area contributed by atoms with Gasteiger partial charge in [0.1, 0.15) is 0 Å². The minimum absolute atomic E-state index is 0.226. The van der Waals surface area contributed by atoms with Crippen LogP contribution in [-0.2, 0) is 10.3 Å². The largest absolute Gasteiger partial charge is 0.378 e. The highest BCUT2D eigenvalue weighted by Gasteiger charge is 2.33. The highest BCUT2D eigenvalue weighted by Crippen LogP contribution is 2.30. The summed E-state index contributed by atoms with van der Waals surface area (Å²) in [4.78, 5) is 4.46. The Morgan fingerprint density at radius 1 is 1.41 bits per heavy atom. The van der Waals surface area contributed by atoms with Gasteiger partial charge in [-0.15, -0.1) is 0 Å². The van der Waals surface area contributed by atoms with E-state index in [0.29, 0.717) is 18.3 Å². The fraction of sp³-hybridized carbons (Fsp3) is 0.833. The summed E-state index contributed by atoms with van der Waals surface area (Å²) >= 11 is 0. The van der Waals surface area contributed by atoms with Crippen molar-refractivity contribution in [3.8, 4) is 0 Å². The Hall–Kier alpha value is -0.940. The second-order valence-electron chi connectivity index (χ2n) is 4.90. The molecule has 5 nitrogen and oxygen atoms in total. The minimum atomic E-state index is -0.465. The van der Waals surface area contributed by atoms with Crippen LogP contribution >= 0.6 is 0 Å². The molecule has 0 saturated carbocycles. The summed E-state index contributed by atoms with van der Waals surface area (Å²) in [7, 11) is 0.